The molecule has 0 aromatic heterocycles. The molecule has 0 bridgehead atoms. The van der Waals surface area contributed by atoms with Crippen LogP contribution in [0.4, 0.5) is 14.5 Å². The van der Waals surface area contributed by atoms with E-state index in [1.165, 1.54) is 6.92 Å². The van der Waals surface area contributed by atoms with Crippen molar-refractivity contribution < 1.29 is 13.6 Å². The number of amides is 1. The van der Waals surface area contributed by atoms with E-state index < -0.39 is 17.5 Å². The van der Waals surface area contributed by atoms with Gasteiger partial charge in [0.05, 0.1) is 10.7 Å². The number of nitrogens with one attached hydrogen (secondary N) is 1. The molecule has 13 heavy (non-hydrogen) atoms. The van der Waals surface area contributed by atoms with Crippen LogP contribution in [0.1, 0.15) is 6.92 Å². The number of hydrogen-bond donors (Lipinski definition) is 1. The molecule has 0 unspecified atom stereocenters. The molecule has 0 spiro atoms. The molecule has 0 aliphatic heterocycles. The highest BCUT2D eigenvalue weighted by Gasteiger charge is 2.10. The number of carbonyl (C=O) groups excluding carboxylic acids is 1. The van der Waals surface area contributed by atoms with Gasteiger partial charge in [-0.05, 0) is 6.07 Å². The third-order valence-electron chi connectivity index (χ3n) is 1.31. The third kappa shape index (κ3) is 2.39. The first kappa shape index (κ1) is 9.92. The molecule has 1 N–H and O–H groups in total. The summed E-state index contributed by atoms with van der Waals surface area (Å²) in [6.07, 6.45) is 0. The van der Waals surface area contributed by atoms with Gasteiger partial charge >= 0.3 is 0 Å². The maximum Gasteiger partial charge on any atom is 0.221 e. The minimum atomic E-state index is -0.889. The fourth-order valence-electron chi connectivity index (χ4n) is 0.838. The van der Waals surface area contributed by atoms with E-state index >= 15 is 0 Å². The first-order valence-electron chi connectivity index (χ1n) is 3.43. The van der Waals surface area contributed by atoms with E-state index in [2.05, 4.69) is 5.32 Å². The van der Waals surface area contributed by atoms with Crippen LogP contribution >= 0.6 is 11.6 Å². The SMILES string of the molecule is CC(=O)Nc1c(F)cc(F)cc1Cl. The van der Waals surface area contributed by atoms with Crippen LogP contribution in [-0.4, -0.2) is 5.91 Å². The molecule has 70 valence electrons. The lowest BCUT2D eigenvalue weighted by Crippen LogP contribution is -2.08. The van der Waals surface area contributed by atoms with E-state index in [4.69, 9.17) is 11.6 Å². The van der Waals surface area contributed by atoms with Gasteiger partial charge in [0.1, 0.15) is 5.82 Å². The minimum Gasteiger partial charge on any atom is -0.323 e. The van der Waals surface area contributed by atoms with E-state index in [1.807, 2.05) is 0 Å². The van der Waals surface area contributed by atoms with Crippen LogP contribution in [0.25, 0.3) is 0 Å². The summed E-state index contributed by atoms with van der Waals surface area (Å²) >= 11 is 5.48. The molecule has 1 rings (SSSR count). The largest absolute Gasteiger partial charge is 0.323 e. The van der Waals surface area contributed by atoms with Crippen molar-refractivity contribution in [1.82, 2.24) is 0 Å². The van der Waals surface area contributed by atoms with E-state index in [1.54, 1.807) is 0 Å². The second-order valence-corrected chi connectivity index (χ2v) is 2.83. The first-order chi connectivity index (χ1) is 6.00. The Kier molecular flexibility index (Phi) is 2.83. The summed E-state index contributed by atoms with van der Waals surface area (Å²) in [5.74, 6) is -2.13. The molecule has 5 heteroatoms. The van der Waals surface area contributed by atoms with E-state index in [9.17, 15) is 13.6 Å². The maximum atomic E-state index is 12.9. The summed E-state index contributed by atoms with van der Waals surface area (Å²) in [4.78, 5) is 10.6. The minimum absolute atomic E-state index is 0.160. The summed E-state index contributed by atoms with van der Waals surface area (Å²) in [6, 6.07) is 1.58. The highest BCUT2D eigenvalue weighted by molar-refractivity contribution is 6.33. The van der Waals surface area contributed by atoms with Crippen LogP contribution in [0, 0.1) is 11.6 Å². The van der Waals surface area contributed by atoms with Crippen molar-refractivity contribution >= 4 is 23.2 Å². The Bertz CT molecular complexity index is 331. The number of benzene rings is 1. The van der Waals surface area contributed by atoms with Crippen LogP contribution in [0.15, 0.2) is 12.1 Å². The lowest BCUT2D eigenvalue weighted by atomic mass is 10.3. The van der Waals surface area contributed by atoms with Crippen LogP contribution in [-0.2, 0) is 4.79 Å². The first-order valence-corrected chi connectivity index (χ1v) is 3.80. The van der Waals surface area contributed by atoms with Crippen molar-refractivity contribution in [2.75, 3.05) is 5.32 Å². The van der Waals surface area contributed by atoms with Crippen LogP contribution in [0.2, 0.25) is 5.02 Å². The molecule has 0 saturated heterocycles. The Morgan fingerprint density at radius 3 is 2.54 bits per heavy atom. The zero-order valence-corrected chi connectivity index (χ0v) is 7.45. The Balaban J connectivity index is 3.13. The number of hydrogen-bond acceptors (Lipinski definition) is 1. The molecule has 0 fully saturated rings. The highest BCUT2D eigenvalue weighted by Crippen LogP contribution is 2.25. The molecule has 2 nitrogen and oxygen atoms in total. The van der Waals surface area contributed by atoms with Gasteiger partial charge in [0, 0.05) is 13.0 Å². The average molecular weight is 206 g/mol. The van der Waals surface area contributed by atoms with Gasteiger partial charge in [-0.2, -0.15) is 0 Å². The zero-order chi connectivity index (χ0) is 10.0. The summed E-state index contributed by atoms with van der Waals surface area (Å²) in [7, 11) is 0. The van der Waals surface area contributed by atoms with Crippen molar-refractivity contribution in [3.05, 3.63) is 28.8 Å². The smallest absolute Gasteiger partial charge is 0.221 e. The van der Waals surface area contributed by atoms with E-state index in [-0.39, 0.29) is 10.7 Å². The lowest BCUT2D eigenvalue weighted by molar-refractivity contribution is -0.114. The second-order valence-electron chi connectivity index (χ2n) is 2.43. The maximum absolute atomic E-state index is 12.9. The Morgan fingerprint density at radius 1 is 1.46 bits per heavy atom. The lowest BCUT2D eigenvalue weighted by Gasteiger charge is -2.05. The van der Waals surface area contributed by atoms with Gasteiger partial charge in [0.25, 0.3) is 0 Å². The summed E-state index contributed by atoms with van der Waals surface area (Å²) in [5.41, 5.74) is -0.199. The molecule has 0 saturated carbocycles. The Morgan fingerprint density at radius 2 is 2.08 bits per heavy atom. The molecule has 0 atom stereocenters. The van der Waals surface area contributed by atoms with E-state index in [0.717, 1.165) is 6.07 Å². The molecule has 1 amide bonds. The van der Waals surface area contributed by atoms with Gasteiger partial charge in [-0.3, -0.25) is 4.79 Å². The molecule has 0 radical (unpaired) electrons. The van der Waals surface area contributed by atoms with Gasteiger partial charge < -0.3 is 5.32 Å². The van der Waals surface area contributed by atoms with E-state index in [0.29, 0.717) is 6.07 Å². The summed E-state index contributed by atoms with van der Waals surface area (Å²) in [6.45, 7) is 1.21. The molecular formula is C8H6ClF2NO. The van der Waals surface area contributed by atoms with Gasteiger partial charge in [-0.15, -0.1) is 0 Å². The highest BCUT2D eigenvalue weighted by atomic mass is 35.5. The standard InChI is InChI=1S/C8H6ClF2NO/c1-4(13)12-8-6(9)2-5(10)3-7(8)11/h2-3H,1H3,(H,12,13). The topological polar surface area (TPSA) is 29.1 Å². The van der Waals surface area contributed by atoms with Crippen molar-refractivity contribution in [3.8, 4) is 0 Å². The normalized spacial score (nSPS) is 9.85. The quantitative estimate of drug-likeness (QED) is 0.750. The third-order valence-corrected chi connectivity index (χ3v) is 1.61. The summed E-state index contributed by atoms with van der Waals surface area (Å²) < 4.78 is 25.4. The number of carbonyl (C=O) groups is 1. The molecular weight excluding hydrogens is 200 g/mol. The van der Waals surface area contributed by atoms with Crippen molar-refractivity contribution in [3.63, 3.8) is 0 Å². The summed E-state index contributed by atoms with van der Waals surface area (Å²) in [5, 5.41) is 2.00. The zero-order valence-electron chi connectivity index (χ0n) is 6.70. The van der Waals surface area contributed by atoms with Crippen LogP contribution in [0.5, 0.6) is 0 Å². The Labute approximate surface area is 78.5 Å². The number of anilines is 1. The van der Waals surface area contributed by atoms with Gasteiger partial charge in [0.15, 0.2) is 5.82 Å². The van der Waals surface area contributed by atoms with Crippen molar-refractivity contribution in [2.45, 2.75) is 6.92 Å². The number of halogens is 3. The fourth-order valence-corrected chi connectivity index (χ4v) is 1.08. The van der Waals surface area contributed by atoms with Crippen LogP contribution < -0.4 is 5.32 Å². The van der Waals surface area contributed by atoms with Gasteiger partial charge in [0.2, 0.25) is 5.91 Å². The monoisotopic (exact) mass is 205 g/mol. The molecule has 0 heterocycles. The predicted octanol–water partition coefficient (Wildman–Crippen LogP) is 2.58. The van der Waals surface area contributed by atoms with Gasteiger partial charge in [-0.1, -0.05) is 11.6 Å². The van der Waals surface area contributed by atoms with Gasteiger partial charge in [-0.25, -0.2) is 8.78 Å². The van der Waals surface area contributed by atoms with Crippen molar-refractivity contribution in [1.29, 1.82) is 0 Å². The number of rotatable bonds is 1. The molecule has 0 aliphatic carbocycles. The Hall–Kier alpha value is -1.16. The predicted molar refractivity (Wildman–Crippen MR) is 45.7 cm³/mol. The second kappa shape index (κ2) is 3.70. The molecule has 1 aromatic rings. The van der Waals surface area contributed by atoms with Crippen molar-refractivity contribution in [2.24, 2.45) is 0 Å². The average Bonchev–Trinajstić information content (AvgIpc) is 1.96. The molecule has 1 aromatic carbocycles. The van der Waals surface area contributed by atoms with Crippen LogP contribution in [0.3, 0.4) is 0 Å². The fraction of sp³-hybridized carbons (Fsp3) is 0.125. The molecule has 0 aliphatic rings.